The molecule has 0 unspecified atom stereocenters. The molecule has 0 spiro atoms. The van der Waals surface area contributed by atoms with Gasteiger partial charge in [-0.05, 0) is 47.5 Å². The summed E-state index contributed by atoms with van der Waals surface area (Å²) in [6.07, 6.45) is 2.21. The molecule has 0 radical (unpaired) electrons. The van der Waals surface area contributed by atoms with Crippen LogP contribution in [0.25, 0.3) is 10.9 Å². The number of hydrogen-bond acceptors (Lipinski definition) is 1. The molecule has 3 aromatic carbocycles. The first-order valence-electron chi connectivity index (χ1n) is 8.50. The molecule has 0 bridgehead atoms. The van der Waals surface area contributed by atoms with Gasteiger partial charge < -0.3 is 9.88 Å². The zero-order valence-electron chi connectivity index (χ0n) is 14.1. The van der Waals surface area contributed by atoms with Gasteiger partial charge in [0.1, 0.15) is 0 Å². The summed E-state index contributed by atoms with van der Waals surface area (Å²) in [7, 11) is 0. The Morgan fingerprint density at radius 2 is 1.50 bits per heavy atom. The molecule has 2 nitrogen and oxygen atoms in total. The lowest BCUT2D eigenvalue weighted by Crippen LogP contribution is -2.00. The number of hydrogen-bond donors (Lipinski definition) is 1. The maximum atomic E-state index is 6.35. The molecular weight excluding hydrogens is 363 g/mol. The van der Waals surface area contributed by atoms with Gasteiger partial charge in [0.15, 0.2) is 0 Å². The van der Waals surface area contributed by atoms with Crippen LogP contribution in [0.5, 0.6) is 0 Å². The molecule has 1 aromatic heterocycles. The number of rotatable bonds is 5. The van der Waals surface area contributed by atoms with Crippen LogP contribution in [0.3, 0.4) is 0 Å². The van der Waals surface area contributed by atoms with Gasteiger partial charge in [0.25, 0.3) is 0 Å². The Morgan fingerprint density at radius 1 is 0.769 bits per heavy atom. The first-order chi connectivity index (χ1) is 12.7. The molecule has 0 saturated heterocycles. The van der Waals surface area contributed by atoms with Gasteiger partial charge in [-0.1, -0.05) is 59.6 Å². The van der Waals surface area contributed by atoms with Crippen molar-refractivity contribution in [3.63, 3.8) is 0 Å². The molecule has 0 atom stereocenters. The lowest BCUT2D eigenvalue weighted by molar-refractivity contribution is 0.831. The SMILES string of the molecule is Clc1ccc(NCc2cn(Cc3ccccc3Cl)c3ccccc23)cc1. The monoisotopic (exact) mass is 380 g/mol. The largest absolute Gasteiger partial charge is 0.381 e. The van der Waals surface area contributed by atoms with Gasteiger partial charge in [0, 0.05) is 45.9 Å². The van der Waals surface area contributed by atoms with E-state index in [-0.39, 0.29) is 0 Å². The van der Waals surface area contributed by atoms with Gasteiger partial charge in [0.2, 0.25) is 0 Å². The number of fused-ring (bicyclic) bond motifs is 1. The maximum Gasteiger partial charge on any atom is 0.0491 e. The lowest BCUT2D eigenvalue weighted by atomic mass is 10.1. The predicted molar refractivity (Wildman–Crippen MR) is 111 cm³/mol. The Kier molecular flexibility index (Phi) is 4.87. The minimum atomic E-state index is 0.742. The van der Waals surface area contributed by atoms with Crippen molar-refractivity contribution >= 4 is 39.8 Å². The summed E-state index contributed by atoms with van der Waals surface area (Å²) >= 11 is 12.3. The van der Waals surface area contributed by atoms with Crippen LogP contribution in [-0.4, -0.2) is 4.57 Å². The minimum Gasteiger partial charge on any atom is -0.381 e. The number of benzene rings is 3. The van der Waals surface area contributed by atoms with E-state index >= 15 is 0 Å². The first-order valence-corrected chi connectivity index (χ1v) is 9.26. The highest BCUT2D eigenvalue weighted by molar-refractivity contribution is 6.31. The summed E-state index contributed by atoms with van der Waals surface area (Å²) in [5.41, 5.74) is 4.63. The Morgan fingerprint density at radius 3 is 2.31 bits per heavy atom. The van der Waals surface area contributed by atoms with Gasteiger partial charge in [-0.3, -0.25) is 0 Å². The second-order valence-electron chi connectivity index (χ2n) is 6.25. The Hall–Kier alpha value is -2.42. The third-order valence-corrected chi connectivity index (χ3v) is 5.12. The predicted octanol–water partition coefficient (Wildman–Crippen LogP) is 6.61. The first kappa shape index (κ1) is 17.0. The molecule has 0 saturated carbocycles. The van der Waals surface area contributed by atoms with Crippen LogP contribution in [0, 0.1) is 0 Å². The fourth-order valence-electron chi connectivity index (χ4n) is 3.17. The van der Waals surface area contributed by atoms with Crippen LogP contribution in [0.4, 0.5) is 5.69 Å². The zero-order chi connectivity index (χ0) is 17.9. The van der Waals surface area contributed by atoms with Crippen molar-refractivity contribution in [2.24, 2.45) is 0 Å². The van der Waals surface area contributed by atoms with E-state index in [0.717, 1.165) is 34.4 Å². The van der Waals surface area contributed by atoms with Crippen molar-refractivity contribution in [2.75, 3.05) is 5.32 Å². The molecule has 0 fully saturated rings. The smallest absolute Gasteiger partial charge is 0.0491 e. The summed E-state index contributed by atoms with van der Waals surface area (Å²) < 4.78 is 2.26. The second-order valence-corrected chi connectivity index (χ2v) is 7.09. The number of nitrogens with zero attached hydrogens (tertiary/aromatic N) is 1. The van der Waals surface area contributed by atoms with E-state index in [4.69, 9.17) is 23.2 Å². The van der Waals surface area contributed by atoms with Gasteiger partial charge in [-0.15, -0.1) is 0 Å². The number of anilines is 1. The van der Waals surface area contributed by atoms with Crippen molar-refractivity contribution < 1.29 is 0 Å². The molecule has 0 aliphatic rings. The van der Waals surface area contributed by atoms with Crippen molar-refractivity contribution in [1.29, 1.82) is 0 Å². The Labute approximate surface area is 163 Å². The molecule has 130 valence electrons. The minimum absolute atomic E-state index is 0.742. The lowest BCUT2D eigenvalue weighted by Gasteiger charge is -2.07. The van der Waals surface area contributed by atoms with Crippen molar-refractivity contribution in [1.82, 2.24) is 4.57 Å². The molecule has 4 aromatic rings. The van der Waals surface area contributed by atoms with Gasteiger partial charge in [0.05, 0.1) is 0 Å². The maximum absolute atomic E-state index is 6.35. The highest BCUT2D eigenvalue weighted by atomic mass is 35.5. The quantitative estimate of drug-likeness (QED) is 0.412. The van der Waals surface area contributed by atoms with E-state index < -0.39 is 0 Å². The van der Waals surface area contributed by atoms with Crippen molar-refractivity contribution in [3.8, 4) is 0 Å². The highest BCUT2D eigenvalue weighted by Crippen LogP contribution is 2.25. The summed E-state index contributed by atoms with van der Waals surface area (Å²) in [5.74, 6) is 0. The molecule has 4 rings (SSSR count). The van der Waals surface area contributed by atoms with Crippen LogP contribution in [0.1, 0.15) is 11.1 Å². The zero-order valence-corrected chi connectivity index (χ0v) is 15.6. The molecule has 1 heterocycles. The van der Waals surface area contributed by atoms with Crippen molar-refractivity contribution in [3.05, 3.63) is 100 Å². The van der Waals surface area contributed by atoms with Gasteiger partial charge in [-0.2, -0.15) is 0 Å². The summed E-state index contributed by atoms with van der Waals surface area (Å²) in [4.78, 5) is 0. The van der Waals surface area contributed by atoms with E-state index in [1.165, 1.54) is 16.5 Å². The fraction of sp³-hybridized carbons (Fsp3) is 0.0909. The topological polar surface area (TPSA) is 17.0 Å². The molecule has 4 heteroatoms. The average Bonchev–Trinajstić information content (AvgIpc) is 3.01. The molecule has 1 N–H and O–H groups in total. The van der Waals surface area contributed by atoms with E-state index in [9.17, 15) is 0 Å². The standard InChI is InChI=1S/C22H18Cl2N2/c23-18-9-11-19(12-10-18)25-13-17-15-26(22-8-4-2-6-20(17)22)14-16-5-1-3-7-21(16)24/h1-12,15,25H,13-14H2. The Balaban J connectivity index is 1.63. The second kappa shape index (κ2) is 7.45. The summed E-state index contributed by atoms with van der Waals surface area (Å²) in [5, 5.41) is 6.26. The molecule has 26 heavy (non-hydrogen) atoms. The summed E-state index contributed by atoms with van der Waals surface area (Å²) in [6.45, 7) is 1.50. The van der Waals surface area contributed by atoms with Crippen LogP contribution < -0.4 is 5.32 Å². The van der Waals surface area contributed by atoms with E-state index in [1.807, 2.05) is 42.5 Å². The van der Waals surface area contributed by atoms with Crippen LogP contribution in [-0.2, 0) is 13.1 Å². The number of nitrogens with one attached hydrogen (secondary N) is 1. The van der Waals surface area contributed by atoms with E-state index in [0.29, 0.717) is 0 Å². The van der Waals surface area contributed by atoms with E-state index in [2.05, 4.69) is 46.4 Å². The third-order valence-electron chi connectivity index (χ3n) is 4.50. The normalized spacial score (nSPS) is 11.0. The molecule has 0 amide bonds. The van der Waals surface area contributed by atoms with Crippen LogP contribution >= 0.6 is 23.2 Å². The molecule has 0 aliphatic heterocycles. The molecule has 0 aliphatic carbocycles. The van der Waals surface area contributed by atoms with E-state index in [1.54, 1.807) is 0 Å². The van der Waals surface area contributed by atoms with Crippen LogP contribution in [0.2, 0.25) is 10.0 Å². The average molecular weight is 381 g/mol. The third kappa shape index (κ3) is 3.57. The molecular formula is C22H18Cl2N2. The number of para-hydroxylation sites is 1. The number of halogens is 2. The highest BCUT2D eigenvalue weighted by Gasteiger charge is 2.09. The number of aromatic nitrogens is 1. The van der Waals surface area contributed by atoms with Crippen molar-refractivity contribution in [2.45, 2.75) is 13.1 Å². The van der Waals surface area contributed by atoms with Gasteiger partial charge in [-0.25, -0.2) is 0 Å². The Bertz CT molecular complexity index is 1040. The van der Waals surface area contributed by atoms with Gasteiger partial charge >= 0.3 is 0 Å². The van der Waals surface area contributed by atoms with Crippen LogP contribution in [0.15, 0.2) is 79.0 Å². The summed E-state index contributed by atoms with van der Waals surface area (Å²) in [6, 6.07) is 24.2. The fourth-order valence-corrected chi connectivity index (χ4v) is 3.49.